The van der Waals surface area contributed by atoms with Gasteiger partial charge in [-0.15, -0.1) is 0 Å². The van der Waals surface area contributed by atoms with Crippen molar-refractivity contribution in [2.24, 2.45) is 0 Å². The van der Waals surface area contributed by atoms with Crippen LogP contribution in [0.15, 0.2) is 48.2 Å². The average molecular weight is 479 g/mol. The second-order valence-corrected chi connectivity index (χ2v) is 7.08. The van der Waals surface area contributed by atoms with Crippen molar-refractivity contribution in [3.63, 3.8) is 0 Å². The van der Waals surface area contributed by atoms with Crippen LogP contribution in [-0.2, 0) is 0 Å². The number of rotatable bonds is 3. The molecule has 2 amide bonds. The molecule has 0 aromatic heterocycles. The lowest BCUT2D eigenvalue weighted by atomic mass is 10.2. The van der Waals surface area contributed by atoms with Crippen molar-refractivity contribution in [2.75, 3.05) is 22.6 Å². The van der Waals surface area contributed by atoms with Gasteiger partial charge in [-0.05, 0) is 30.3 Å². The summed E-state index contributed by atoms with van der Waals surface area (Å²) in [6.07, 6.45) is -8.66. The summed E-state index contributed by atoms with van der Waals surface area (Å²) < 4.78 is 67.5. The lowest BCUT2D eigenvalue weighted by Gasteiger charge is -2.43. The van der Waals surface area contributed by atoms with Crippen molar-refractivity contribution in [2.45, 2.75) is 18.8 Å². The first-order valence-corrected chi connectivity index (χ1v) is 9.26. The molecule has 3 rings (SSSR count). The molecule has 0 spiro atoms. The minimum atomic E-state index is -4.88. The first-order valence-electron chi connectivity index (χ1n) is 8.88. The summed E-state index contributed by atoms with van der Waals surface area (Å²) >= 11 is 5.93. The van der Waals surface area contributed by atoms with Gasteiger partial charge in [0.25, 0.3) is 0 Å². The molecule has 172 valence electrons. The second kappa shape index (κ2) is 8.81. The molecule has 32 heavy (non-hydrogen) atoms. The third-order valence-corrected chi connectivity index (χ3v) is 4.86. The number of hydrogen-bond donors (Lipinski definition) is 4. The van der Waals surface area contributed by atoms with E-state index in [1.165, 1.54) is 18.2 Å². The number of para-hydroxylation sites is 1. The van der Waals surface area contributed by atoms with Gasteiger partial charge in [-0.3, -0.25) is 4.90 Å². The van der Waals surface area contributed by atoms with Gasteiger partial charge in [0.1, 0.15) is 17.3 Å². The number of allylic oxidation sites excluding steroid dienone is 1. The molecule has 1 aliphatic rings. The van der Waals surface area contributed by atoms with Gasteiger partial charge in [-0.2, -0.15) is 13.2 Å². The maximum atomic E-state index is 14.6. The number of carbonyl (C=O) groups is 1. The lowest BCUT2D eigenvalue weighted by molar-refractivity contribution is -0.133. The summed E-state index contributed by atoms with van der Waals surface area (Å²) in [7, 11) is 0.901. The zero-order valence-electron chi connectivity index (χ0n) is 16.2. The summed E-state index contributed by atoms with van der Waals surface area (Å²) in [4.78, 5) is 13.1. The number of anilines is 3. The molecule has 2 atom stereocenters. The van der Waals surface area contributed by atoms with Crippen molar-refractivity contribution in [1.29, 1.82) is 0 Å². The maximum absolute atomic E-state index is 14.6. The molecule has 7 nitrogen and oxygen atoms in total. The number of aliphatic hydroxyl groups is 2. The second-order valence-electron chi connectivity index (χ2n) is 6.67. The van der Waals surface area contributed by atoms with Crippen LogP contribution in [0.3, 0.4) is 0 Å². The number of benzene rings is 2. The molecule has 1 heterocycles. The van der Waals surface area contributed by atoms with Crippen LogP contribution in [0.1, 0.15) is 0 Å². The number of alkyl halides is 3. The van der Waals surface area contributed by atoms with Crippen molar-refractivity contribution in [3.05, 3.63) is 64.8 Å². The Balaban J connectivity index is 1.91. The highest BCUT2D eigenvalue weighted by Gasteiger charge is 2.45. The first kappa shape index (κ1) is 23.6. The van der Waals surface area contributed by atoms with Crippen LogP contribution in [0, 0.1) is 11.6 Å². The molecule has 2 unspecified atom stereocenters. The van der Waals surface area contributed by atoms with E-state index in [2.05, 4.69) is 10.6 Å². The number of halogens is 6. The van der Waals surface area contributed by atoms with Crippen LogP contribution in [-0.4, -0.2) is 46.9 Å². The van der Waals surface area contributed by atoms with E-state index in [0.29, 0.717) is 15.9 Å². The predicted molar refractivity (Wildman–Crippen MR) is 107 cm³/mol. The Morgan fingerprint density at radius 1 is 1.06 bits per heavy atom. The molecule has 2 aromatic carbocycles. The molecule has 2 aromatic rings. The Kier molecular flexibility index (Phi) is 6.49. The van der Waals surface area contributed by atoms with E-state index in [0.717, 1.165) is 25.2 Å². The molecule has 13 heteroatoms. The number of aliphatic hydroxyl groups excluding tert-OH is 2. The summed E-state index contributed by atoms with van der Waals surface area (Å²) in [5, 5.41) is 24.6. The van der Waals surface area contributed by atoms with Gasteiger partial charge in [0.15, 0.2) is 6.23 Å². The van der Waals surface area contributed by atoms with Crippen LogP contribution in [0.25, 0.3) is 0 Å². The van der Waals surface area contributed by atoms with Gasteiger partial charge in [-0.25, -0.2) is 13.6 Å². The largest absolute Gasteiger partial charge is 0.431 e. The standard InChI is InChI=1S/C19H16ClF5N4O3/c1-28-15(19(23,24)25)8-16(30)29(18(28)32)14-7-13(9(20)6-11(14)22)27-17(31)26-12-5-3-2-4-10(12)21/h2-8,16,18,30,32H,1H3,(H2,26,27,31). The van der Waals surface area contributed by atoms with E-state index in [-0.39, 0.29) is 16.4 Å². The smallest absolute Gasteiger partial charge is 0.370 e. The monoisotopic (exact) mass is 478 g/mol. The fourth-order valence-electron chi connectivity index (χ4n) is 3.02. The molecule has 0 aliphatic carbocycles. The van der Waals surface area contributed by atoms with E-state index in [9.17, 15) is 37.0 Å². The molecule has 0 radical (unpaired) electrons. The Bertz CT molecular complexity index is 1070. The Hall–Kier alpha value is -3.09. The highest BCUT2D eigenvalue weighted by molar-refractivity contribution is 6.34. The molecule has 1 aliphatic heterocycles. The van der Waals surface area contributed by atoms with E-state index >= 15 is 0 Å². The molecular formula is C19H16ClF5N4O3. The van der Waals surface area contributed by atoms with Gasteiger partial charge in [0.2, 0.25) is 6.35 Å². The molecule has 4 N–H and O–H groups in total. The maximum Gasteiger partial charge on any atom is 0.431 e. The molecule has 0 fully saturated rings. The fourth-order valence-corrected chi connectivity index (χ4v) is 3.22. The number of urea groups is 1. The highest BCUT2D eigenvalue weighted by atomic mass is 35.5. The van der Waals surface area contributed by atoms with Crippen molar-refractivity contribution in [1.82, 2.24) is 4.90 Å². The molecular weight excluding hydrogens is 463 g/mol. The Morgan fingerprint density at radius 3 is 2.31 bits per heavy atom. The first-order chi connectivity index (χ1) is 14.9. The van der Waals surface area contributed by atoms with E-state index in [1.54, 1.807) is 0 Å². The van der Waals surface area contributed by atoms with Gasteiger partial charge in [0.05, 0.1) is 22.1 Å². The quantitative estimate of drug-likeness (QED) is 0.500. The molecule has 0 saturated heterocycles. The lowest BCUT2D eigenvalue weighted by Crippen LogP contribution is -2.56. The number of hydrogen-bond acceptors (Lipinski definition) is 5. The topological polar surface area (TPSA) is 88.1 Å². The molecule has 0 saturated carbocycles. The average Bonchev–Trinajstić information content (AvgIpc) is 2.69. The highest BCUT2D eigenvalue weighted by Crippen LogP contribution is 2.38. The van der Waals surface area contributed by atoms with E-state index < -0.39 is 47.8 Å². The van der Waals surface area contributed by atoms with Gasteiger partial charge < -0.3 is 25.7 Å². The zero-order chi connectivity index (χ0) is 23.8. The number of carbonyl (C=O) groups excluding carboxylic acids is 1. The van der Waals surface area contributed by atoms with Crippen LogP contribution < -0.4 is 15.5 Å². The minimum absolute atomic E-state index is 0.156. The summed E-state index contributed by atoms with van der Waals surface area (Å²) in [5.41, 5.74) is -2.26. The third kappa shape index (κ3) is 4.71. The number of amides is 2. The van der Waals surface area contributed by atoms with Gasteiger partial charge in [0, 0.05) is 7.05 Å². The van der Waals surface area contributed by atoms with Gasteiger partial charge in [-0.1, -0.05) is 23.7 Å². The van der Waals surface area contributed by atoms with E-state index in [1.807, 2.05) is 0 Å². The third-order valence-electron chi connectivity index (χ3n) is 4.54. The van der Waals surface area contributed by atoms with Crippen molar-refractivity contribution in [3.8, 4) is 0 Å². The summed E-state index contributed by atoms with van der Waals surface area (Å²) in [5.74, 6) is -1.81. The number of nitrogens with one attached hydrogen (secondary N) is 2. The Morgan fingerprint density at radius 2 is 1.69 bits per heavy atom. The fraction of sp³-hybridized carbons (Fsp3) is 0.211. The molecule has 0 bridgehead atoms. The van der Waals surface area contributed by atoms with Crippen molar-refractivity contribution < 1.29 is 37.0 Å². The van der Waals surface area contributed by atoms with Crippen LogP contribution in [0.2, 0.25) is 5.02 Å². The normalized spacial score (nSPS) is 19.0. The summed E-state index contributed by atoms with van der Waals surface area (Å²) in [6.45, 7) is 0. The summed E-state index contributed by atoms with van der Waals surface area (Å²) in [6, 6.07) is 5.96. The van der Waals surface area contributed by atoms with Gasteiger partial charge >= 0.3 is 12.2 Å². The van der Waals surface area contributed by atoms with Crippen molar-refractivity contribution >= 4 is 34.7 Å². The SMILES string of the molecule is CN1C(C(F)(F)F)=CC(O)N(c2cc(NC(=O)Nc3ccccc3F)c(Cl)cc2F)C1O. The minimum Gasteiger partial charge on any atom is -0.370 e. The number of nitrogens with zero attached hydrogens (tertiary/aromatic N) is 2. The van der Waals surface area contributed by atoms with Crippen LogP contribution in [0.5, 0.6) is 0 Å². The van der Waals surface area contributed by atoms with Crippen LogP contribution in [0.4, 0.5) is 43.8 Å². The Labute approximate surface area is 183 Å². The van der Waals surface area contributed by atoms with E-state index in [4.69, 9.17) is 11.6 Å². The zero-order valence-corrected chi connectivity index (χ0v) is 16.9. The predicted octanol–water partition coefficient (Wildman–Crippen LogP) is 4.05. The van der Waals surface area contributed by atoms with Crippen LogP contribution >= 0.6 is 11.6 Å².